The van der Waals surface area contributed by atoms with Gasteiger partial charge in [0.1, 0.15) is 25.3 Å². The Morgan fingerprint density at radius 2 is 2.11 bits per heavy atom. The lowest BCUT2D eigenvalue weighted by atomic mass is 10.2. The monoisotopic (exact) mass is 385 g/mol. The van der Waals surface area contributed by atoms with Gasteiger partial charge in [0.2, 0.25) is 0 Å². The van der Waals surface area contributed by atoms with E-state index >= 15 is 0 Å². The summed E-state index contributed by atoms with van der Waals surface area (Å²) in [6.45, 7) is -0.148. The first-order valence-corrected chi connectivity index (χ1v) is 8.75. The van der Waals surface area contributed by atoms with Gasteiger partial charge < -0.3 is 19.7 Å². The topological polar surface area (TPSA) is 132 Å². The SMILES string of the molecule is O=C(Nc1ncnc2c1ncn2[C@H]1C[C@H](O)[C@@H](CO)O1)OCc1ccccc1. The molecule has 10 nitrogen and oxygen atoms in total. The molecule has 28 heavy (non-hydrogen) atoms. The lowest BCUT2D eigenvalue weighted by molar-refractivity contribution is -0.0432. The summed E-state index contributed by atoms with van der Waals surface area (Å²) < 4.78 is 12.5. The van der Waals surface area contributed by atoms with Gasteiger partial charge in [-0.15, -0.1) is 0 Å². The molecule has 3 heterocycles. The van der Waals surface area contributed by atoms with Crippen LogP contribution in [0.3, 0.4) is 0 Å². The Kier molecular flexibility index (Phi) is 5.15. The molecular formula is C18H19N5O5. The van der Waals surface area contributed by atoms with Crippen LogP contribution in [0.5, 0.6) is 0 Å². The maximum Gasteiger partial charge on any atom is 0.413 e. The van der Waals surface area contributed by atoms with Gasteiger partial charge in [-0.2, -0.15) is 0 Å². The van der Waals surface area contributed by atoms with Gasteiger partial charge in [0.05, 0.1) is 19.0 Å². The second kappa shape index (κ2) is 7.89. The van der Waals surface area contributed by atoms with Crippen molar-refractivity contribution in [1.29, 1.82) is 0 Å². The highest BCUT2D eigenvalue weighted by Crippen LogP contribution is 2.31. The molecule has 0 saturated carbocycles. The summed E-state index contributed by atoms with van der Waals surface area (Å²) in [6.07, 6.45) is 0.466. The van der Waals surface area contributed by atoms with Gasteiger partial charge in [-0.05, 0) is 5.56 Å². The average molecular weight is 385 g/mol. The zero-order valence-corrected chi connectivity index (χ0v) is 14.8. The number of ether oxygens (including phenoxy) is 2. The Bertz CT molecular complexity index is 963. The van der Waals surface area contributed by atoms with Crippen LogP contribution < -0.4 is 5.32 Å². The second-order valence-corrected chi connectivity index (χ2v) is 6.35. The predicted molar refractivity (Wildman–Crippen MR) is 97.2 cm³/mol. The Morgan fingerprint density at radius 1 is 1.29 bits per heavy atom. The van der Waals surface area contributed by atoms with E-state index in [0.717, 1.165) is 5.56 Å². The molecule has 2 aromatic heterocycles. The third-order valence-electron chi connectivity index (χ3n) is 4.49. The number of rotatable bonds is 5. The van der Waals surface area contributed by atoms with E-state index in [-0.39, 0.29) is 19.0 Å². The smallest absolute Gasteiger partial charge is 0.413 e. The number of nitrogens with one attached hydrogen (secondary N) is 1. The Morgan fingerprint density at radius 3 is 2.86 bits per heavy atom. The van der Waals surface area contributed by atoms with E-state index in [9.17, 15) is 15.0 Å². The predicted octanol–water partition coefficient (Wildman–Crippen LogP) is 1.22. The van der Waals surface area contributed by atoms with E-state index in [1.165, 1.54) is 12.7 Å². The van der Waals surface area contributed by atoms with Crippen LogP contribution in [0.15, 0.2) is 43.0 Å². The Hall–Kier alpha value is -3.08. The molecule has 1 amide bonds. The summed E-state index contributed by atoms with van der Waals surface area (Å²) in [5, 5.41) is 21.7. The average Bonchev–Trinajstić information content (AvgIpc) is 3.31. The van der Waals surface area contributed by atoms with Gasteiger partial charge in [-0.1, -0.05) is 30.3 Å². The molecule has 1 aromatic carbocycles. The number of aliphatic hydroxyl groups excluding tert-OH is 2. The van der Waals surface area contributed by atoms with Crippen LogP contribution in [0.2, 0.25) is 0 Å². The molecule has 0 unspecified atom stereocenters. The van der Waals surface area contributed by atoms with E-state index in [1.54, 1.807) is 4.57 Å². The fourth-order valence-corrected chi connectivity index (χ4v) is 3.06. The Labute approximate surface area is 159 Å². The third kappa shape index (κ3) is 3.65. The fraction of sp³-hybridized carbons (Fsp3) is 0.333. The number of carbonyl (C=O) groups is 1. The quantitative estimate of drug-likeness (QED) is 0.597. The molecule has 0 bridgehead atoms. The van der Waals surface area contributed by atoms with Crippen molar-refractivity contribution in [2.75, 3.05) is 11.9 Å². The molecule has 3 atom stereocenters. The van der Waals surface area contributed by atoms with E-state index in [4.69, 9.17) is 9.47 Å². The lowest BCUT2D eigenvalue weighted by Gasteiger charge is -2.13. The van der Waals surface area contributed by atoms with Crippen LogP contribution in [0.4, 0.5) is 10.6 Å². The number of carbonyl (C=O) groups excluding carboxylic acids is 1. The molecule has 0 spiro atoms. The van der Waals surface area contributed by atoms with E-state index in [2.05, 4.69) is 20.3 Å². The number of fused-ring (bicyclic) bond motifs is 1. The van der Waals surface area contributed by atoms with Crippen molar-refractivity contribution in [3.05, 3.63) is 48.5 Å². The van der Waals surface area contributed by atoms with Crippen LogP contribution in [-0.2, 0) is 16.1 Å². The largest absolute Gasteiger partial charge is 0.444 e. The van der Waals surface area contributed by atoms with E-state index in [1.807, 2.05) is 30.3 Å². The summed E-state index contributed by atoms with van der Waals surface area (Å²) in [7, 11) is 0. The zero-order valence-electron chi connectivity index (χ0n) is 14.8. The number of anilines is 1. The molecule has 1 saturated heterocycles. The molecule has 1 aliphatic rings. The molecule has 10 heteroatoms. The minimum absolute atomic E-state index is 0.131. The lowest BCUT2D eigenvalue weighted by Crippen LogP contribution is -2.24. The minimum atomic E-state index is -0.778. The standard InChI is InChI=1S/C18H19N5O5/c24-7-13-12(25)6-14(28-13)23-10-21-15-16(19-9-20-17(15)23)22-18(26)27-8-11-4-2-1-3-5-11/h1-5,9-10,12-14,24-25H,6-8H2,(H,19,20,22,26)/t12-,13+,14+/m0/s1. The summed E-state index contributed by atoms with van der Waals surface area (Å²) in [6, 6.07) is 9.31. The molecule has 3 N–H and O–H groups in total. The molecule has 4 rings (SSSR count). The van der Waals surface area contributed by atoms with E-state index < -0.39 is 24.5 Å². The maximum atomic E-state index is 12.1. The highest BCUT2D eigenvalue weighted by molar-refractivity contribution is 5.93. The number of nitrogens with zero attached hydrogens (tertiary/aromatic N) is 4. The summed E-state index contributed by atoms with van der Waals surface area (Å²) in [4.78, 5) is 24.6. The minimum Gasteiger partial charge on any atom is -0.444 e. The number of amides is 1. The number of aromatic nitrogens is 4. The van der Waals surface area contributed by atoms with Crippen LogP contribution >= 0.6 is 0 Å². The van der Waals surface area contributed by atoms with Crippen molar-refractivity contribution < 1.29 is 24.5 Å². The van der Waals surface area contributed by atoms with Crippen molar-refractivity contribution in [1.82, 2.24) is 19.5 Å². The fourth-order valence-electron chi connectivity index (χ4n) is 3.06. The maximum absolute atomic E-state index is 12.1. The first-order valence-electron chi connectivity index (χ1n) is 8.75. The van der Waals surface area contributed by atoms with E-state index in [0.29, 0.717) is 17.6 Å². The van der Waals surface area contributed by atoms with Crippen molar-refractivity contribution in [2.24, 2.45) is 0 Å². The van der Waals surface area contributed by atoms with Crippen LogP contribution in [0.25, 0.3) is 11.2 Å². The van der Waals surface area contributed by atoms with Gasteiger partial charge in [-0.25, -0.2) is 19.7 Å². The van der Waals surface area contributed by atoms with Crippen molar-refractivity contribution in [2.45, 2.75) is 31.5 Å². The van der Waals surface area contributed by atoms with Crippen molar-refractivity contribution >= 4 is 23.1 Å². The highest BCUT2D eigenvalue weighted by Gasteiger charge is 2.35. The highest BCUT2D eigenvalue weighted by atomic mass is 16.5. The first-order chi connectivity index (χ1) is 13.7. The van der Waals surface area contributed by atoms with Gasteiger partial charge in [-0.3, -0.25) is 9.88 Å². The third-order valence-corrected chi connectivity index (χ3v) is 4.49. The number of imidazole rings is 1. The number of aliphatic hydroxyl groups is 2. The molecule has 0 radical (unpaired) electrons. The summed E-state index contributed by atoms with van der Waals surface area (Å²) in [5.74, 6) is 0.207. The normalized spacial score (nSPS) is 21.7. The van der Waals surface area contributed by atoms with Crippen molar-refractivity contribution in [3.8, 4) is 0 Å². The molecule has 146 valence electrons. The summed E-state index contributed by atoms with van der Waals surface area (Å²) in [5.41, 5.74) is 1.67. The second-order valence-electron chi connectivity index (χ2n) is 6.35. The molecular weight excluding hydrogens is 366 g/mol. The molecule has 1 fully saturated rings. The zero-order chi connectivity index (χ0) is 19.5. The van der Waals surface area contributed by atoms with Crippen molar-refractivity contribution in [3.63, 3.8) is 0 Å². The Balaban J connectivity index is 1.48. The molecule has 3 aromatic rings. The van der Waals surface area contributed by atoms with Crippen LogP contribution in [0.1, 0.15) is 18.2 Å². The van der Waals surface area contributed by atoms with Gasteiger partial charge in [0, 0.05) is 6.42 Å². The molecule has 0 aliphatic carbocycles. The summed E-state index contributed by atoms with van der Waals surface area (Å²) >= 11 is 0. The number of hydrogen-bond donors (Lipinski definition) is 3. The van der Waals surface area contributed by atoms with Crippen LogP contribution in [0, 0.1) is 0 Å². The van der Waals surface area contributed by atoms with Crippen LogP contribution in [-0.4, -0.2) is 54.6 Å². The number of hydrogen-bond acceptors (Lipinski definition) is 8. The van der Waals surface area contributed by atoms with Gasteiger partial charge >= 0.3 is 6.09 Å². The first kappa shape index (κ1) is 18.3. The van der Waals surface area contributed by atoms with Gasteiger partial charge in [0.25, 0.3) is 0 Å². The van der Waals surface area contributed by atoms with Gasteiger partial charge in [0.15, 0.2) is 17.0 Å². The number of benzene rings is 1. The molecule has 1 aliphatic heterocycles.